The number of alkyl carbamates (subject to hydrolysis) is 1. The summed E-state index contributed by atoms with van der Waals surface area (Å²) in [7, 11) is -3.63. The summed E-state index contributed by atoms with van der Waals surface area (Å²) < 4.78 is 31.1. The summed E-state index contributed by atoms with van der Waals surface area (Å²) in [5, 5.41) is 20.5. The number of carbonyl (C=O) groups is 3. The zero-order valence-electron chi connectivity index (χ0n) is 14.6. The lowest BCUT2D eigenvalue weighted by Gasteiger charge is -2.23. The molecule has 0 aliphatic rings. The van der Waals surface area contributed by atoms with Crippen molar-refractivity contribution in [2.24, 2.45) is 5.92 Å². The van der Waals surface area contributed by atoms with E-state index in [1.807, 2.05) is 0 Å². The topological polar surface area (TPSA) is 156 Å². The van der Waals surface area contributed by atoms with Crippen LogP contribution < -0.4 is 5.32 Å². The van der Waals surface area contributed by atoms with E-state index in [1.54, 1.807) is 20.8 Å². The Morgan fingerprint density at radius 3 is 2.08 bits per heavy atom. The van der Waals surface area contributed by atoms with Gasteiger partial charge in [0.2, 0.25) is 0 Å². The molecule has 0 aliphatic heterocycles. The molecule has 0 rings (SSSR count). The van der Waals surface area contributed by atoms with Gasteiger partial charge in [-0.3, -0.25) is 8.98 Å². The summed E-state index contributed by atoms with van der Waals surface area (Å²) in [4.78, 5) is 34.2. The van der Waals surface area contributed by atoms with Crippen LogP contribution >= 0.6 is 0 Å². The Hall–Kier alpha value is -1.88. The third-order valence-corrected chi connectivity index (χ3v) is 3.45. The zero-order chi connectivity index (χ0) is 19.8. The lowest BCUT2D eigenvalue weighted by molar-refractivity contribution is -0.144. The first kappa shape index (κ1) is 23.1. The van der Waals surface area contributed by atoms with Crippen LogP contribution in [0.25, 0.3) is 0 Å². The van der Waals surface area contributed by atoms with E-state index >= 15 is 0 Å². The van der Waals surface area contributed by atoms with Crippen molar-refractivity contribution in [1.82, 2.24) is 5.32 Å². The fourth-order valence-corrected chi connectivity index (χ4v) is 2.26. The lowest BCUT2D eigenvalue weighted by atomic mass is 9.95. The van der Waals surface area contributed by atoms with Gasteiger partial charge >= 0.3 is 18.0 Å². The van der Waals surface area contributed by atoms with Crippen LogP contribution in [-0.4, -0.2) is 61.2 Å². The summed E-state index contributed by atoms with van der Waals surface area (Å²) in [5.41, 5.74) is -0.831. The van der Waals surface area contributed by atoms with Gasteiger partial charge in [0.25, 0.3) is 10.1 Å². The fourth-order valence-electron chi connectivity index (χ4n) is 1.84. The van der Waals surface area contributed by atoms with Gasteiger partial charge < -0.3 is 20.3 Å². The molecule has 0 spiro atoms. The molecule has 10 nitrogen and oxygen atoms in total. The Bertz CT molecular complexity index is 580. The highest BCUT2D eigenvalue weighted by atomic mass is 32.2. The van der Waals surface area contributed by atoms with Gasteiger partial charge in [-0.05, 0) is 40.0 Å². The van der Waals surface area contributed by atoms with Crippen molar-refractivity contribution >= 4 is 28.1 Å². The Morgan fingerprint density at radius 1 is 1.12 bits per heavy atom. The molecular formula is C14H25NO9S. The highest BCUT2D eigenvalue weighted by Gasteiger charge is 2.29. The van der Waals surface area contributed by atoms with Crippen LogP contribution in [0.3, 0.4) is 0 Å². The molecule has 146 valence electrons. The highest BCUT2D eigenvalue weighted by molar-refractivity contribution is 7.85. The minimum atomic E-state index is -3.63. The molecule has 0 aromatic carbocycles. The normalized spacial score (nSPS) is 14.4. The van der Waals surface area contributed by atoms with Crippen molar-refractivity contribution in [2.75, 3.05) is 12.9 Å². The number of carboxylic acid groups (broad SMARTS) is 2. The molecule has 2 atom stereocenters. The summed E-state index contributed by atoms with van der Waals surface area (Å²) in [6.07, 6.45) is -0.382. The molecule has 0 aromatic rings. The monoisotopic (exact) mass is 383 g/mol. The quantitative estimate of drug-likeness (QED) is 0.367. The molecule has 0 saturated heterocycles. The Kier molecular flexibility index (Phi) is 8.84. The molecule has 25 heavy (non-hydrogen) atoms. The predicted molar refractivity (Wildman–Crippen MR) is 86.6 cm³/mol. The number of hydrogen-bond donors (Lipinski definition) is 3. The third kappa shape index (κ3) is 12.2. The van der Waals surface area contributed by atoms with Crippen LogP contribution in [0.4, 0.5) is 4.79 Å². The number of carboxylic acids is 2. The molecule has 0 saturated carbocycles. The number of hydrogen-bond acceptors (Lipinski definition) is 7. The molecular weight excluding hydrogens is 358 g/mol. The zero-order valence-corrected chi connectivity index (χ0v) is 15.5. The summed E-state index contributed by atoms with van der Waals surface area (Å²) >= 11 is 0. The SMILES string of the molecule is CC(C)(C)OC(=O)N[C@@H](C[C@H](CCCOS(C)(=O)=O)C(=O)O)C(=O)O. The molecule has 1 amide bonds. The molecule has 0 aliphatic carbocycles. The van der Waals surface area contributed by atoms with Crippen molar-refractivity contribution in [3.05, 3.63) is 0 Å². The van der Waals surface area contributed by atoms with Crippen molar-refractivity contribution in [3.8, 4) is 0 Å². The van der Waals surface area contributed by atoms with E-state index in [4.69, 9.17) is 9.84 Å². The maximum atomic E-state index is 11.7. The molecule has 0 heterocycles. The smallest absolute Gasteiger partial charge is 0.408 e. The van der Waals surface area contributed by atoms with Gasteiger partial charge in [-0.15, -0.1) is 0 Å². The second-order valence-electron chi connectivity index (χ2n) is 6.48. The van der Waals surface area contributed by atoms with E-state index in [2.05, 4.69) is 9.50 Å². The van der Waals surface area contributed by atoms with Crippen molar-refractivity contribution in [2.45, 2.75) is 51.7 Å². The van der Waals surface area contributed by atoms with Gasteiger partial charge in [0.15, 0.2) is 0 Å². The van der Waals surface area contributed by atoms with Gasteiger partial charge in [0, 0.05) is 0 Å². The van der Waals surface area contributed by atoms with Crippen LogP contribution in [0.1, 0.15) is 40.0 Å². The van der Waals surface area contributed by atoms with E-state index in [0.717, 1.165) is 6.26 Å². The van der Waals surface area contributed by atoms with Crippen LogP contribution in [0.2, 0.25) is 0 Å². The number of ether oxygens (including phenoxy) is 1. The molecule has 3 N–H and O–H groups in total. The summed E-state index contributed by atoms with van der Waals surface area (Å²) in [6.45, 7) is 4.60. The first-order chi connectivity index (χ1) is 11.2. The van der Waals surface area contributed by atoms with Crippen molar-refractivity contribution in [3.63, 3.8) is 0 Å². The van der Waals surface area contributed by atoms with Gasteiger partial charge in [-0.25, -0.2) is 9.59 Å². The van der Waals surface area contributed by atoms with Crippen LogP contribution in [0, 0.1) is 5.92 Å². The van der Waals surface area contributed by atoms with Crippen LogP contribution in [0.5, 0.6) is 0 Å². The summed E-state index contributed by atoms with van der Waals surface area (Å²) in [5.74, 6) is -3.75. The van der Waals surface area contributed by atoms with Crippen molar-refractivity contribution < 1.29 is 41.9 Å². The second kappa shape index (κ2) is 9.56. The van der Waals surface area contributed by atoms with Gasteiger partial charge in [-0.2, -0.15) is 8.42 Å². The molecule has 0 bridgehead atoms. The van der Waals surface area contributed by atoms with Gasteiger partial charge in [-0.1, -0.05) is 0 Å². The average molecular weight is 383 g/mol. The third-order valence-electron chi connectivity index (χ3n) is 2.85. The largest absolute Gasteiger partial charge is 0.481 e. The van der Waals surface area contributed by atoms with E-state index in [9.17, 15) is 27.9 Å². The average Bonchev–Trinajstić information content (AvgIpc) is 2.36. The highest BCUT2D eigenvalue weighted by Crippen LogP contribution is 2.16. The molecule has 0 unspecified atom stereocenters. The number of carbonyl (C=O) groups excluding carboxylic acids is 1. The van der Waals surface area contributed by atoms with Crippen molar-refractivity contribution in [1.29, 1.82) is 0 Å². The predicted octanol–water partition coefficient (Wildman–Crippen LogP) is 0.812. The van der Waals surface area contributed by atoms with E-state index < -0.39 is 45.7 Å². The minimum absolute atomic E-state index is 0.00929. The minimum Gasteiger partial charge on any atom is -0.481 e. The Balaban J connectivity index is 4.72. The number of rotatable bonds is 10. The van der Waals surface area contributed by atoms with Crippen LogP contribution in [0.15, 0.2) is 0 Å². The van der Waals surface area contributed by atoms with E-state index in [0.29, 0.717) is 0 Å². The fraction of sp³-hybridized carbons (Fsp3) is 0.786. The van der Waals surface area contributed by atoms with Gasteiger partial charge in [0.05, 0.1) is 18.8 Å². The first-order valence-electron chi connectivity index (χ1n) is 7.51. The molecule has 0 fully saturated rings. The second-order valence-corrected chi connectivity index (χ2v) is 8.12. The van der Waals surface area contributed by atoms with E-state index in [1.165, 1.54) is 0 Å². The summed E-state index contributed by atoms with van der Waals surface area (Å²) in [6, 6.07) is -1.45. The molecule has 11 heteroatoms. The molecule has 0 aromatic heterocycles. The standard InChI is InChI=1S/C14H25NO9S/c1-14(2,3)24-13(20)15-10(12(18)19)8-9(11(16)17)6-5-7-23-25(4,21)22/h9-10H,5-8H2,1-4H3,(H,15,20)(H,16,17)(H,18,19)/t9-,10-/m0/s1. The molecule has 0 radical (unpaired) electrons. The van der Waals surface area contributed by atoms with E-state index in [-0.39, 0.29) is 25.9 Å². The number of nitrogens with one attached hydrogen (secondary N) is 1. The lowest BCUT2D eigenvalue weighted by Crippen LogP contribution is -2.45. The Morgan fingerprint density at radius 2 is 1.68 bits per heavy atom. The van der Waals surface area contributed by atoms with Crippen LogP contribution in [-0.2, 0) is 28.6 Å². The Labute approximate surface area is 146 Å². The van der Waals surface area contributed by atoms with Gasteiger partial charge in [0.1, 0.15) is 11.6 Å². The maximum Gasteiger partial charge on any atom is 0.408 e. The number of aliphatic carboxylic acids is 2. The first-order valence-corrected chi connectivity index (χ1v) is 9.32. The number of amides is 1. The maximum absolute atomic E-state index is 11.7.